The lowest BCUT2D eigenvalue weighted by Gasteiger charge is -2.32. The predicted molar refractivity (Wildman–Crippen MR) is 164 cm³/mol. The van der Waals surface area contributed by atoms with Crippen molar-refractivity contribution < 1.29 is 38.7 Å². The Hall–Kier alpha value is -4.29. The molecule has 45 heavy (non-hydrogen) atoms. The molecule has 13 nitrogen and oxygen atoms in total. The summed E-state index contributed by atoms with van der Waals surface area (Å²) in [7, 11) is 0. The number of Topliss-reactive ketones (excluding diaryl/α,β-unsaturated/α-hetero) is 1. The van der Waals surface area contributed by atoms with Gasteiger partial charge in [0.25, 0.3) is 11.8 Å². The number of carbonyl (C=O) groups is 7. The van der Waals surface area contributed by atoms with Crippen molar-refractivity contribution in [3.63, 3.8) is 0 Å². The molecule has 1 saturated carbocycles. The highest BCUT2D eigenvalue weighted by molar-refractivity contribution is 6.36. The van der Waals surface area contributed by atoms with E-state index >= 15 is 0 Å². The molecule has 1 aromatic carbocycles. The standard InChI is InChI=1S/C32H45N5O8/c1-18(2)17-23(32(44)45)35-29(41)24-11-8-16-37(24)31(43)26(19(3)4)36-28(40)22(34-27(39)20-9-6-5-7-10-20)14-15-25(38)30(42)33-21-12-13-21/h5-7,9-10,18-19,21-24,26H,8,11-17H2,1-4H3,(H,33,42)(H,34,39)(H,35,41)(H,36,40)(H,44,45)/t22?,23?,24-,26?/m0/s1. The molecular formula is C32H45N5O8. The second-order valence-corrected chi connectivity index (χ2v) is 12.6. The Labute approximate surface area is 263 Å². The lowest BCUT2D eigenvalue weighted by atomic mass is 10.00. The van der Waals surface area contributed by atoms with E-state index in [0.717, 1.165) is 12.8 Å². The molecule has 1 aliphatic carbocycles. The van der Waals surface area contributed by atoms with Crippen LogP contribution in [0.5, 0.6) is 0 Å². The maximum Gasteiger partial charge on any atom is 0.326 e. The summed E-state index contributed by atoms with van der Waals surface area (Å²) in [6, 6.07) is 3.84. The summed E-state index contributed by atoms with van der Waals surface area (Å²) >= 11 is 0. The van der Waals surface area contributed by atoms with E-state index < -0.39 is 71.4 Å². The first-order valence-corrected chi connectivity index (χ1v) is 15.6. The largest absolute Gasteiger partial charge is 0.480 e. The van der Waals surface area contributed by atoms with Crippen LogP contribution in [-0.4, -0.2) is 88.0 Å². The summed E-state index contributed by atoms with van der Waals surface area (Å²) in [5.74, 6) is -5.38. The molecule has 5 amide bonds. The summed E-state index contributed by atoms with van der Waals surface area (Å²) < 4.78 is 0. The molecule has 3 unspecified atom stereocenters. The Kier molecular flexibility index (Phi) is 12.6. The van der Waals surface area contributed by atoms with Gasteiger partial charge in [0.15, 0.2) is 0 Å². The smallest absolute Gasteiger partial charge is 0.326 e. The van der Waals surface area contributed by atoms with Crippen LogP contribution in [0.25, 0.3) is 0 Å². The summed E-state index contributed by atoms with van der Waals surface area (Å²) in [5.41, 5.74) is 0.285. The van der Waals surface area contributed by atoms with Crippen molar-refractivity contribution in [2.45, 2.75) is 103 Å². The highest BCUT2D eigenvalue weighted by Crippen LogP contribution is 2.22. The first kappa shape index (κ1) is 35.2. The number of benzene rings is 1. The van der Waals surface area contributed by atoms with E-state index in [1.54, 1.807) is 44.2 Å². The fraction of sp³-hybridized carbons (Fsp3) is 0.594. The van der Waals surface area contributed by atoms with Crippen molar-refractivity contribution >= 4 is 41.3 Å². The number of nitrogens with one attached hydrogen (secondary N) is 4. The minimum absolute atomic E-state index is 0.0159. The predicted octanol–water partition coefficient (Wildman–Crippen LogP) is 1.16. The molecule has 0 radical (unpaired) electrons. The fourth-order valence-corrected chi connectivity index (χ4v) is 5.19. The van der Waals surface area contributed by atoms with Gasteiger partial charge in [0.1, 0.15) is 24.2 Å². The van der Waals surface area contributed by atoms with E-state index in [0.29, 0.717) is 12.8 Å². The van der Waals surface area contributed by atoms with Gasteiger partial charge in [-0.1, -0.05) is 45.9 Å². The van der Waals surface area contributed by atoms with Crippen LogP contribution in [0.3, 0.4) is 0 Å². The van der Waals surface area contributed by atoms with Crippen molar-refractivity contribution in [1.82, 2.24) is 26.2 Å². The SMILES string of the molecule is CC(C)CC(NC(=O)[C@@H]1CCCN1C(=O)C(NC(=O)C(CCC(=O)C(=O)NC1CC1)NC(=O)c1ccccc1)C(C)C)C(=O)O. The first-order chi connectivity index (χ1) is 21.3. The number of ketones is 1. The average molecular weight is 628 g/mol. The first-order valence-electron chi connectivity index (χ1n) is 15.6. The van der Waals surface area contributed by atoms with Crippen molar-refractivity contribution in [2.75, 3.05) is 6.54 Å². The van der Waals surface area contributed by atoms with Crippen molar-refractivity contribution in [2.24, 2.45) is 11.8 Å². The van der Waals surface area contributed by atoms with Crippen molar-refractivity contribution in [3.05, 3.63) is 35.9 Å². The molecule has 3 rings (SSSR count). The Balaban J connectivity index is 1.73. The van der Waals surface area contributed by atoms with E-state index in [2.05, 4.69) is 21.3 Å². The molecule has 13 heteroatoms. The van der Waals surface area contributed by atoms with Gasteiger partial charge in [-0.05, 0) is 62.5 Å². The van der Waals surface area contributed by atoms with Gasteiger partial charge >= 0.3 is 5.97 Å². The Morgan fingerprint density at radius 1 is 0.889 bits per heavy atom. The summed E-state index contributed by atoms with van der Waals surface area (Å²) in [5, 5.41) is 20.1. The van der Waals surface area contributed by atoms with Gasteiger partial charge in [-0.15, -0.1) is 0 Å². The Bertz CT molecular complexity index is 1260. The normalized spacial score (nSPS) is 18.1. The number of amides is 5. The van der Waals surface area contributed by atoms with Gasteiger partial charge in [-0.25, -0.2) is 4.79 Å². The van der Waals surface area contributed by atoms with Gasteiger partial charge in [-0.3, -0.25) is 28.8 Å². The molecular weight excluding hydrogens is 582 g/mol. The van der Waals surface area contributed by atoms with Crippen molar-refractivity contribution in [1.29, 1.82) is 0 Å². The molecule has 4 atom stereocenters. The number of carbonyl (C=O) groups excluding carboxylic acids is 6. The molecule has 1 heterocycles. The second kappa shape index (κ2) is 16.1. The third-order valence-electron chi connectivity index (χ3n) is 7.87. The summed E-state index contributed by atoms with van der Waals surface area (Å²) in [6.45, 7) is 7.38. The Morgan fingerprint density at radius 3 is 2.13 bits per heavy atom. The molecule has 246 valence electrons. The number of aliphatic carboxylic acids is 1. The molecule has 0 bridgehead atoms. The molecule has 1 saturated heterocycles. The minimum Gasteiger partial charge on any atom is -0.480 e. The maximum atomic E-state index is 13.8. The molecule has 2 fully saturated rings. The highest BCUT2D eigenvalue weighted by Gasteiger charge is 2.40. The average Bonchev–Trinajstić information content (AvgIpc) is 3.67. The third-order valence-corrected chi connectivity index (χ3v) is 7.87. The molecule has 0 spiro atoms. The molecule has 1 aromatic rings. The third kappa shape index (κ3) is 10.4. The number of nitrogens with zero attached hydrogens (tertiary/aromatic N) is 1. The van der Waals surface area contributed by atoms with Crippen LogP contribution in [-0.2, 0) is 28.8 Å². The molecule has 2 aliphatic rings. The maximum absolute atomic E-state index is 13.8. The number of carboxylic acids is 1. The van der Waals surface area contributed by atoms with Crippen LogP contribution >= 0.6 is 0 Å². The lowest BCUT2D eigenvalue weighted by molar-refractivity contribution is -0.145. The number of rotatable bonds is 16. The molecule has 5 N–H and O–H groups in total. The van der Waals surface area contributed by atoms with E-state index in [-0.39, 0.29) is 43.3 Å². The van der Waals surface area contributed by atoms with Crippen LogP contribution < -0.4 is 21.3 Å². The molecule has 1 aliphatic heterocycles. The van der Waals surface area contributed by atoms with E-state index in [1.165, 1.54) is 4.90 Å². The van der Waals surface area contributed by atoms with E-state index in [9.17, 15) is 38.7 Å². The second-order valence-electron chi connectivity index (χ2n) is 12.6. The van der Waals surface area contributed by atoms with Crippen molar-refractivity contribution in [3.8, 4) is 0 Å². The summed E-state index contributed by atoms with van der Waals surface area (Å²) in [6.07, 6.45) is 2.21. The zero-order chi connectivity index (χ0) is 33.3. The van der Waals surface area contributed by atoms with Crippen LogP contribution in [0.15, 0.2) is 30.3 Å². The zero-order valence-electron chi connectivity index (χ0n) is 26.3. The fourth-order valence-electron chi connectivity index (χ4n) is 5.19. The van der Waals surface area contributed by atoms with Gasteiger partial charge in [0.05, 0.1) is 0 Å². The lowest BCUT2D eigenvalue weighted by Crippen LogP contribution is -2.59. The highest BCUT2D eigenvalue weighted by atomic mass is 16.4. The van der Waals surface area contributed by atoms with Gasteiger partial charge in [0.2, 0.25) is 23.5 Å². The van der Waals surface area contributed by atoms with Gasteiger partial charge < -0.3 is 31.3 Å². The number of likely N-dealkylation sites (tertiary alicyclic amines) is 1. The monoisotopic (exact) mass is 627 g/mol. The number of hydrogen-bond donors (Lipinski definition) is 5. The molecule has 0 aromatic heterocycles. The van der Waals surface area contributed by atoms with E-state index in [4.69, 9.17) is 0 Å². The summed E-state index contributed by atoms with van der Waals surface area (Å²) in [4.78, 5) is 91.3. The van der Waals surface area contributed by atoms with Crippen LogP contribution in [0.4, 0.5) is 0 Å². The number of hydrogen-bond acceptors (Lipinski definition) is 7. The van der Waals surface area contributed by atoms with Crippen LogP contribution in [0.2, 0.25) is 0 Å². The van der Waals surface area contributed by atoms with Gasteiger partial charge in [0, 0.05) is 24.6 Å². The zero-order valence-corrected chi connectivity index (χ0v) is 26.3. The minimum atomic E-state index is -1.24. The quantitative estimate of drug-likeness (QED) is 0.169. The Morgan fingerprint density at radius 2 is 1.56 bits per heavy atom. The number of carboxylic acid groups (broad SMARTS) is 1. The van der Waals surface area contributed by atoms with Crippen LogP contribution in [0.1, 0.15) is 83.0 Å². The van der Waals surface area contributed by atoms with Gasteiger partial charge in [-0.2, -0.15) is 0 Å². The topological polar surface area (TPSA) is 191 Å². The van der Waals surface area contributed by atoms with Crippen LogP contribution in [0, 0.1) is 11.8 Å². The van der Waals surface area contributed by atoms with E-state index in [1.807, 2.05) is 13.8 Å².